The number of aliphatic imine (C=N–C) groups is 1. The minimum Gasteiger partial charge on any atom is -0.497 e. The number of morpholine rings is 1. The highest BCUT2D eigenvalue weighted by Crippen LogP contribution is 2.25. The van der Waals surface area contributed by atoms with Crippen LogP contribution in [0.3, 0.4) is 0 Å². The topological polar surface area (TPSA) is 63.9 Å². The molecule has 1 unspecified atom stereocenters. The summed E-state index contributed by atoms with van der Waals surface area (Å²) in [6, 6.07) is 18.3. The Morgan fingerprint density at radius 2 is 1.97 bits per heavy atom. The van der Waals surface area contributed by atoms with Gasteiger partial charge in [0, 0.05) is 19.8 Å². The predicted octanol–water partition coefficient (Wildman–Crippen LogP) is 3.96. The highest BCUT2D eigenvalue weighted by molar-refractivity contribution is 14.0. The first-order chi connectivity index (χ1) is 15.2. The summed E-state index contributed by atoms with van der Waals surface area (Å²) in [4.78, 5) is 6.74. The summed E-state index contributed by atoms with van der Waals surface area (Å²) >= 11 is 0. The van der Waals surface area contributed by atoms with Gasteiger partial charge in [0.2, 0.25) is 0 Å². The Hall–Kier alpha value is -2.59. The number of halogens is 1. The summed E-state index contributed by atoms with van der Waals surface area (Å²) in [7, 11) is 3.48. The van der Waals surface area contributed by atoms with Crippen molar-refractivity contribution in [2.24, 2.45) is 4.99 Å². The van der Waals surface area contributed by atoms with Crippen molar-refractivity contribution in [3.8, 4) is 11.4 Å². The normalized spacial score (nSPS) is 16.4. The van der Waals surface area contributed by atoms with Gasteiger partial charge in [-0.25, -0.2) is 4.68 Å². The molecule has 32 heavy (non-hydrogen) atoms. The van der Waals surface area contributed by atoms with Gasteiger partial charge in [0.1, 0.15) is 11.9 Å². The zero-order valence-electron chi connectivity index (χ0n) is 18.7. The average molecular weight is 547 g/mol. The van der Waals surface area contributed by atoms with Crippen LogP contribution in [0.5, 0.6) is 5.75 Å². The molecule has 0 saturated carbocycles. The Kier molecular flexibility index (Phi) is 8.52. The minimum absolute atomic E-state index is 0. The van der Waals surface area contributed by atoms with Crippen molar-refractivity contribution in [3.05, 3.63) is 77.6 Å². The maximum absolute atomic E-state index is 6.05. The third kappa shape index (κ3) is 5.60. The van der Waals surface area contributed by atoms with E-state index in [1.165, 1.54) is 11.1 Å². The lowest BCUT2D eigenvalue weighted by Gasteiger charge is -2.35. The van der Waals surface area contributed by atoms with Gasteiger partial charge in [-0.1, -0.05) is 24.3 Å². The number of guanidine groups is 1. The van der Waals surface area contributed by atoms with E-state index in [1.54, 1.807) is 7.11 Å². The van der Waals surface area contributed by atoms with E-state index in [9.17, 15) is 0 Å². The van der Waals surface area contributed by atoms with Crippen molar-refractivity contribution in [2.45, 2.75) is 19.6 Å². The second-order valence-corrected chi connectivity index (χ2v) is 7.51. The molecule has 1 fully saturated rings. The Bertz CT molecular complexity index is 1030. The number of nitrogens with zero attached hydrogens (tertiary/aromatic N) is 4. The molecular weight excluding hydrogens is 517 g/mol. The van der Waals surface area contributed by atoms with Gasteiger partial charge >= 0.3 is 0 Å². The standard InChI is InChI=1S/C24H29N5O2.HI/c1-18-6-4-5-7-22(18)23-17-28(14-15-31-23)24(25-2)26-16-19-12-13-29(27-19)20-8-10-21(30-3)11-9-20;/h4-13,23H,14-17H2,1-3H3,(H,25,26);1H. The third-order valence-corrected chi connectivity index (χ3v) is 5.52. The third-order valence-electron chi connectivity index (χ3n) is 5.52. The number of ether oxygens (including phenoxy) is 2. The number of nitrogens with one attached hydrogen (secondary N) is 1. The molecule has 170 valence electrons. The molecule has 1 N–H and O–H groups in total. The minimum atomic E-state index is 0. The van der Waals surface area contributed by atoms with Crippen LogP contribution in [0, 0.1) is 6.92 Å². The van der Waals surface area contributed by atoms with Crippen molar-refractivity contribution in [2.75, 3.05) is 33.9 Å². The van der Waals surface area contributed by atoms with Crippen LogP contribution >= 0.6 is 24.0 Å². The summed E-state index contributed by atoms with van der Waals surface area (Å²) < 4.78 is 13.1. The van der Waals surface area contributed by atoms with E-state index in [0.29, 0.717) is 13.2 Å². The molecular formula is C24H30IN5O2. The summed E-state index contributed by atoms with van der Waals surface area (Å²) in [5.74, 6) is 1.69. The number of aromatic nitrogens is 2. The van der Waals surface area contributed by atoms with Gasteiger partial charge in [0.25, 0.3) is 0 Å². The number of aryl methyl sites for hydroxylation is 1. The predicted molar refractivity (Wildman–Crippen MR) is 137 cm³/mol. The second-order valence-electron chi connectivity index (χ2n) is 7.51. The Balaban J connectivity index is 0.00000289. The van der Waals surface area contributed by atoms with Crippen molar-refractivity contribution >= 4 is 29.9 Å². The van der Waals surface area contributed by atoms with E-state index < -0.39 is 0 Å². The molecule has 1 aliphatic rings. The molecule has 1 aliphatic heterocycles. The summed E-state index contributed by atoms with van der Waals surface area (Å²) in [6.45, 7) is 4.98. The van der Waals surface area contributed by atoms with E-state index in [0.717, 1.165) is 36.2 Å². The van der Waals surface area contributed by atoms with E-state index in [-0.39, 0.29) is 30.1 Å². The molecule has 7 nitrogen and oxygen atoms in total. The zero-order valence-corrected chi connectivity index (χ0v) is 21.0. The van der Waals surface area contributed by atoms with Crippen LogP contribution < -0.4 is 10.1 Å². The summed E-state index contributed by atoms with van der Waals surface area (Å²) in [6.07, 6.45) is 2.01. The second kappa shape index (κ2) is 11.3. The first-order valence-corrected chi connectivity index (χ1v) is 10.5. The van der Waals surface area contributed by atoms with Crippen molar-refractivity contribution in [1.82, 2.24) is 20.0 Å². The highest BCUT2D eigenvalue weighted by atomic mass is 127. The van der Waals surface area contributed by atoms with Crippen LogP contribution in [0.25, 0.3) is 5.69 Å². The quantitative estimate of drug-likeness (QED) is 0.298. The van der Waals surface area contributed by atoms with E-state index in [1.807, 2.05) is 48.3 Å². The van der Waals surface area contributed by atoms with E-state index in [4.69, 9.17) is 9.47 Å². The molecule has 0 aliphatic carbocycles. The molecule has 0 amide bonds. The van der Waals surface area contributed by atoms with E-state index in [2.05, 4.69) is 51.5 Å². The summed E-state index contributed by atoms with van der Waals surface area (Å²) in [5, 5.41) is 8.13. The van der Waals surface area contributed by atoms with Crippen LogP contribution in [0.15, 0.2) is 65.8 Å². The van der Waals surface area contributed by atoms with Crippen molar-refractivity contribution in [1.29, 1.82) is 0 Å². The fraction of sp³-hybridized carbons (Fsp3) is 0.333. The van der Waals surface area contributed by atoms with Gasteiger partial charge in [-0.05, 0) is 48.4 Å². The van der Waals surface area contributed by atoms with Crippen LogP contribution in [0.1, 0.15) is 22.9 Å². The number of hydrogen-bond donors (Lipinski definition) is 1. The Labute approximate surface area is 206 Å². The van der Waals surface area contributed by atoms with Crippen LogP contribution in [0.4, 0.5) is 0 Å². The molecule has 0 spiro atoms. The molecule has 2 heterocycles. The van der Waals surface area contributed by atoms with Gasteiger partial charge in [-0.15, -0.1) is 24.0 Å². The zero-order chi connectivity index (χ0) is 21.6. The number of methoxy groups -OCH3 is 1. The average Bonchev–Trinajstić information content (AvgIpc) is 3.29. The largest absolute Gasteiger partial charge is 0.497 e. The lowest BCUT2D eigenvalue weighted by Crippen LogP contribution is -2.48. The molecule has 2 aromatic carbocycles. The van der Waals surface area contributed by atoms with Gasteiger partial charge in [0.05, 0.1) is 38.2 Å². The molecule has 0 radical (unpaired) electrons. The fourth-order valence-electron chi connectivity index (χ4n) is 3.81. The molecule has 1 aromatic heterocycles. The van der Waals surface area contributed by atoms with Crippen molar-refractivity contribution in [3.63, 3.8) is 0 Å². The highest BCUT2D eigenvalue weighted by Gasteiger charge is 2.25. The van der Waals surface area contributed by atoms with E-state index >= 15 is 0 Å². The Morgan fingerprint density at radius 3 is 2.69 bits per heavy atom. The summed E-state index contributed by atoms with van der Waals surface area (Å²) in [5.41, 5.74) is 4.42. The van der Waals surface area contributed by atoms with Crippen LogP contribution in [-0.4, -0.2) is 54.5 Å². The van der Waals surface area contributed by atoms with Gasteiger partial charge in [-0.3, -0.25) is 4.99 Å². The molecule has 4 rings (SSSR count). The van der Waals surface area contributed by atoms with Gasteiger partial charge in [-0.2, -0.15) is 5.10 Å². The van der Waals surface area contributed by atoms with Crippen molar-refractivity contribution < 1.29 is 9.47 Å². The number of rotatable bonds is 5. The molecule has 3 aromatic rings. The molecule has 8 heteroatoms. The molecule has 0 bridgehead atoms. The Morgan fingerprint density at radius 1 is 1.19 bits per heavy atom. The number of benzene rings is 2. The lowest BCUT2D eigenvalue weighted by molar-refractivity contribution is -0.00834. The SMILES string of the molecule is CN=C(NCc1ccn(-c2ccc(OC)cc2)n1)N1CCOC(c2ccccc2C)C1.I. The monoisotopic (exact) mass is 547 g/mol. The smallest absolute Gasteiger partial charge is 0.194 e. The van der Waals surface area contributed by atoms with Crippen LogP contribution in [0.2, 0.25) is 0 Å². The fourth-order valence-corrected chi connectivity index (χ4v) is 3.81. The first kappa shape index (κ1) is 24.1. The lowest BCUT2D eigenvalue weighted by atomic mass is 10.0. The van der Waals surface area contributed by atoms with Gasteiger partial charge in [0.15, 0.2) is 5.96 Å². The maximum Gasteiger partial charge on any atom is 0.194 e. The number of hydrogen-bond acceptors (Lipinski definition) is 4. The maximum atomic E-state index is 6.05. The van der Waals surface area contributed by atoms with Gasteiger partial charge < -0.3 is 19.7 Å². The molecule has 1 saturated heterocycles. The first-order valence-electron chi connectivity index (χ1n) is 10.5. The molecule has 1 atom stereocenters. The van der Waals surface area contributed by atoms with Crippen LogP contribution in [-0.2, 0) is 11.3 Å².